The minimum absolute atomic E-state index is 0.279. The smallest absolute Gasteiger partial charge is 0.405 e. The average molecular weight is 246 g/mol. The third-order valence-electron chi connectivity index (χ3n) is 1.87. The van der Waals surface area contributed by atoms with Crippen molar-refractivity contribution in [1.29, 1.82) is 0 Å². The Bertz CT molecular complexity index is 246. The molecule has 0 aliphatic rings. The van der Waals surface area contributed by atoms with Crippen LogP contribution < -0.4 is 10.6 Å². The molecule has 0 heterocycles. The number of thioether (sulfide) groups is 1. The SMILES string of the molecule is C=CCCNC(=O)[C@H](CCSC)NC(=O)O. The van der Waals surface area contributed by atoms with E-state index in [1.54, 1.807) is 17.8 Å². The maximum atomic E-state index is 11.6. The van der Waals surface area contributed by atoms with Crippen molar-refractivity contribution in [1.82, 2.24) is 10.6 Å². The van der Waals surface area contributed by atoms with Gasteiger partial charge in [0.1, 0.15) is 6.04 Å². The average Bonchev–Trinajstić information content (AvgIpc) is 2.23. The van der Waals surface area contributed by atoms with Gasteiger partial charge in [0.25, 0.3) is 0 Å². The van der Waals surface area contributed by atoms with Gasteiger partial charge in [-0.1, -0.05) is 6.08 Å². The van der Waals surface area contributed by atoms with Gasteiger partial charge < -0.3 is 15.7 Å². The highest BCUT2D eigenvalue weighted by Gasteiger charge is 2.19. The van der Waals surface area contributed by atoms with E-state index < -0.39 is 12.1 Å². The molecule has 0 aromatic heterocycles. The molecule has 2 amide bonds. The standard InChI is InChI=1S/C10H18N2O3S/c1-3-4-6-11-9(13)8(5-7-16-2)12-10(14)15/h3,8,12H,1,4-7H2,2H3,(H,11,13)(H,14,15)/t8-/m0/s1. The zero-order valence-electron chi connectivity index (χ0n) is 9.36. The van der Waals surface area contributed by atoms with Crippen molar-refractivity contribution in [2.75, 3.05) is 18.6 Å². The lowest BCUT2D eigenvalue weighted by Crippen LogP contribution is -2.46. The van der Waals surface area contributed by atoms with E-state index in [1.807, 2.05) is 6.26 Å². The summed E-state index contributed by atoms with van der Waals surface area (Å²) in [6.07, 6.45) is 3.60. The fourth-order valence-corrected chi connectivity index (χ4v) is 1.55. The molecule has 0 aliphatic heterocycles. The van der Waals surface area contributed by atoms with E-state index in [0.717, 1.165) is 5.75 Å². The van der Waals surface area contributed by atoms with E-state index in [0.29, 0.717) is 19.4 Å². The second-order valence-corrected chi connectivity index (χ2v) is 4.14. The van der Waals surface area contributed by atoms with Gasteiger partial charge in [0, 0.05) is 6.54 Å². The topological polar surface area (TPSA) is 78.4 Å². The zero-order chi connectivity index (χ0) is 12.4. The number of carboxylic acid groups (broad SMARTS) is 1. The van der Waals surface area contributed by atoms with Crippen LogP contribution in [0.2, 0.25) is 0 Å². The summed E-state index contributed by atoms with van der Waals surface area (Å²) in [5.74, 6) is 0.457. The molecule has 0 aromatic carbocycles. The number of carbonyl (C=O) groups is 2. The van der Waals surface area contributed by atoms with Crippen molar-refractivity contribution in [2.24, 2.45) is 0 Å². The zero-order valence-corrected chi connectivity index (χ0v) is 10.2. The molecule has 0 rings (SSSR count). The number of nitrogens with one attached hydrogen (secondary N) is 2. The number of hydrogen-bond donors (Lipinski definition) is 3. The highest BCUT2D eigenvalue weighted by molar-refractivity contribution is 7.98. The normalized spacial score (nSPS) is 11.6. The van der Waals surface area contributed by atoms with E-state index in [2.05, 4.69) is 17.2 Å². The first-order valence-electron chi connectivity index (χ1n) is 4.98. The molecule has 0 fully saturated rings. The number of amides is 2. The molecule has 0 unspecified atom stereocenters. The second kappa shape index (κ2) is 9.08. The monoisotopic (exact) mass is 246 g/mol. The summed E-state index contributed by atoms with van der Waals surface area (Å²) in [5.41, 5.74) is 0. The van der Waals surface area contributed by atoms with Crippen molar-refractivity contribution in [3.8, 4) is 0 Å². The highest BCUT2D eigenvalue weighted by atomic mass is 32.2. The molecule has 0 aromatic rings. The molecule has 92 valence electrons. The quantitative estimate of drug-likeness (QED) is 0.442. The minimum atomic E-state index is -1.18. The fraction of sp³-hybridized carbons (Fsp3) is 0.600. The first-order valence-corrected chi connectivity index (χ1v) is 6.38. The van der Waals surface area contributed by atoms with E-state index in [1.165, 1.54) is 0 Å². The number of hydrogen-bond acceptors (Lipinski definition) is 3. The van der Waals surface area contributed by atoms with Gasteiger partial charge in [-0.15, -0.1) is 6.58 Å². The fourth-order valence-electron chi connectivity index (χ4n) is 1.07. The predicted molar refractivity (Wildman–Crippen MR) is 65.8 cm³/mol. The van der Waals surface area contributed by atoms with E-state index in [9.17, 15) is 9.59 Å². The molecule has 16 heavy (non-hydrogen) atoms. The van der Waals surface area contributed by atoms with Crippen LogP contribution in [-0.4, -0.2) is 41.7 Å². The molecule has 6 heteroatoms. The third kappa shape index (κ3) is 7.17. The van der Waals surface area contributed by atoms with E-state index >= 15 is 0 Å². The largest absolute Gasteiger partial charge is 0.465 e. The van der Waals surface area contributed by atoms with Crippen LogP contribution in [0.25, 0.3) is 0 Å². The Hall–Kier alpha value is -1.17. The van der Waals surface area contributed by atoms with Crippen molar-refractivity contribution < 1.29 is 14.7 Å². The summed E-state index contributed by atoms with van der Waals surface area (Å²) in [6, 6.07) is -0.672. The molecule has 0 radical (unpaired) electrons. The van der Waals surface area contributed by atoms with Crippen molar-refractivity contribution in [3.63, 3.8) is 0 Å². The van der Waals surface area contributed by atoms with Gasteiger partial charge in [0.05, 0.1) is 0 Å². The summed E-state index contributed by atoms with van der Waals surface area (Å²) < 4.78 is 0. The maximum Gasteiger partial charge on any atom is 0.405 e. The Labute approximate surface area is 99.7 Å². The Kier molecular flexibility index (Phi) is 8.42. The molecule has 0 spiro atoms. The first-order chi connectivity index (χ1) is 7.61. The summed E-state index contributed by atoms with van der Waals surface area (Å²) in [5, 5.41) is 13.4. The Morgan fingerprint density at radius 1 is 1.56 bits per heavy atom. The molecule has 0 aliphatic carbocycles. The number of carbonyl (C=O) groups excluding carboxylic acids is 1. The summed E-state index contributed by atoms with van der Waals surface area (Å²) >= 11 is 1.57. The van der Waals surface area contributed by atoms with Crippen LogP contribution in [0.3, 0.4) is 0 Å². The Morgan fingerprint density at radius 2 is 2.25 bits per heavy atom. The third-order valence-corrected chi connectivity index (χ3v) is 2.52. The lowest BCUT2D eigenvalue weighted by atomic mass is 10.2. The van der Waals surface area contributed by atoms with Crippen LogP contribution in [-0.2, 0) is 4.79 Å². The minimum Gasteiger partial charge on any atom is -0.465 e. The van der Waals surface area contributed by atoms with E-state index in [-0.39, 0.29) is 5.91 Å². The molecular formula is C10H18N2O3S. The first kappa shape index (κ1) is 14.8. The molecule has 0 saturated heterocycles. The van der Waals surface area contributed by atoms with E-state index in [4.69, 9.17) is 5.11 Å². The van der Waals surface area contributed by atoms with Gasteiger partial charge in [-0.3, -0.25) is 4.79 Å². The van der Waals surface area contributed by atoms with Gasteiger partial charge in [-0.25, -0.2) is 4.79 Å². The van der Waals surface area contributed by atoms with Gasteiger partial charge in [-0.05, 0) is 24.9 Å². The van der Waals surface area contributed by atoms with Crippen LogP contribution in [0.4, 0.5) is 4.79 Å². The van der Waals surface area contributed by atoms with Gasteiger partial charge in [0.15, 0.2) is 0 Å². The molecule has 0 saturated carbocycles. The number of rotatable bonds is 8. The van der Waals surface area contributed by atoms with Crippen LogP contribution in [0.5, 0.6) is 0 Å². The lowest BCUT2D eigenvalue weighted by Gasteiger charge is -2.15. The van der Waals surface area contributed by atoms with Crippen molar-refractivity contribution >= 4 is 23.8 Å². The van der Waals surface area contributed by atoms with Crippen LogP contribution in [0.1, 0.15) is 12.8 Å². The maximum absolute atomic E-state index is 11.6. The lowest BCUT2D eigenvalue weighted by molar-refractivity contribution is -0.123. The molecule has 1 atom stereocenters. The molecular weight excluding hydrogens is 228 g/mol. The molecule has 5 nitrogen and oxygen atoms in total. The predicted octanol–water partition coefficient (Wildman–Crippen LogP) is 1.07. The van der Waals surface area contributed by atoms with Crippen molar-refractivity contribution in [3.05, 3.63) is 12.7 Å². The van der Waals surface area contributed by atoms with Crippen molar-refractivity contribution in [2.45, 2.75) is 18.9 Å². The van der Waals surface area contributed by atoms with Gasteiger partial charge in [-0.2, -0.15) is 11.8 Å². The summed E-state index contributed by atoms with van der Waals surface area (Å²) in [4.78, 5) is 22.1. The molecule has 0 bridgehead atoms. The van der Waals surface area contributed by atoms with Gasteiger partial charge >= 0.3 is 6.09 Å². The van der Waals surface area contributed by atoms with Gasteiger partial charge in [0.2, 0.25) is 5.91 Å². The van der Waals surface area contributed by atoms with Crippen LogP contribution in [0, 0.1) is 0 Å². The summed E-state index contributed by atoms with van der Waals surface area (Å²) in [7, 11) is 0. The van der Waals surface area contributed by atoms with Crippen LogP contribution in [0.15, 0.2) is 12.7 Å². The highest BCUT2D eigenvalue weighted by Crippen LogP contribution is 2.01. The van der Waals surface area contributed by atoms with Crippen LogP contribution >= 0.6 is 11.8 Å². The Morgan fingerprint density at radius 3 is 2.75 bits per heavy atom. The summed E-state index contributed by atoms with van der Waals surface area (Å²) in [6.45, 7) is 4.02. The Balaban J connectivity index is 4.08. The second-order valence-electron chi connectivity index (χ2n) is 3.15. The molecule has 3 N–H and O–H groups in total.